The van der Waals surface area contributed by atoms with Crippen LogP contribution in [0.15, 0.2) is 57.8 Å². The third-order valence-electron chi connectivity index (χ3n) is 2.75. The highest BCUT2D eigenvalue weighted by atomic mass is 32.2. The Kier molecular flexibility index (Phi) is 4.20. The van der Waals surface area contributed by atoms with Crippen molar-refractivity contribution >= 4 is 16.2 Å². The van der Waals surface area contributed by atoms with E-state index in [0.29, 0.717) is 11.3 Å². The van der Waals surface area contributed by atoms with E-state index in [9.17, 15) is 8.42 Å². The minimum Gasteiger partial charge on any atom is -0.497 e. The Bertz CT molecular complexity index is 719. The monoisotopic (exact) mass is 289 g/mol. The van der Waals surface area contributed by atoms with Crippen LogP contribution in [-0.2, 0) is 10.0 Å². The van der Waals surface area contributed by atoms with Gasteiger partial charge in [-0.25, -0.2) is 0 Å². The molecule has 0 spiro atoms. The van der Waals surface area contributed by atoms with Crippen LogP contribution in [0.3, 0.4) is 0 Å². The van der Waals surface area contributed by atoms with Gasteiger partial charge in [0.1, 0.15) is 5.75 Å². The van der Waals surface area contributed by atoms with Crippen molar-refractivity contribution in [3.8, 4) is 5.75 Å². The fourth-order valence-corrected chi connectivity index (χ4v) is 2.49. The van der Waals surface area contributed by atoms with E-state index in [0.717, 1.165) is 5.56 Å². The Morgan fingerprint density at radius 1 is 1.10 bits per heavy atom. The number of sulfonamides is 1. The first-order valence-electron chi connectivity index (χ1n) is 6.02. The molecule has 0 fully saturated rings. The summed E-state index contributed by atoms with van der Waals surface area (Å²) in [7, 11) is -2.11. The molecule has 5 heteroatoms. The molecule has 0 amide bonds. The fraction of sp³-hybridized carbons (Fsp3) is 0.133. The van der Waals surface area contributed by atoms with Crippen LogP contribution in [0.2, 0.25) is 0 Å². The number of aryl methyl sites for hydroxylation is 1. The quantitative estimate of drug-likeness (QED) is 0.813. The molecule has 0 heterocycles. The van der Waals surface area contributed by atoms with E-state index in [1.165, 1.54) is 6.21 Å². The third kappa shape index (κ3) is 3.45. The van der Waals surface area contributed by atoms with Crippen LogP contribution in [0.5, 0.6) is 5.75 Å². The van der Waals surface area contributed by atoms with Crippen molar-refractivity contribution in [1.82, 2.24) is 0 Å². The average molecular weight is 289 g/mol. The minimum atomic E-state index is -3.67. The maximum absolute atomic E-state index is 12.0. The molecule has 0 aliphatic carbocycles. The summed E-state index contributed by atoms with van der Waals surface area (Å²) in [5.41, 5.74) is 1.67. The van der Waals surface area contributed by atoms with Crippen molar-refractivity contribution in [3.05, 3.63) is 59.7 Å². The van der Waals surface area contributed by atoms with Gasteiger partial charge >= 0.3 is 0 Å². The van der Waals surface area contributed by atoms with Crippen LogP contribution in [0, 0.1) is 6.92 Å². The van der Waals surface area contributed by atoms with Gasteiger partial charge in [0, 0.05) is 6.21 Å². The molecule has 2 aromatic rings. The van der Waals surface area contributed by atoms with E-state index < -0.39 is 10.0 Å². The van der Waals surface area contributed by atoms with Gasteiger partial charge < -0.3 is 4.74 Å². The van der Waals surface area contributed by atoms with Crippen LogP contribution in [0.1, 0.15) is 11.1 Å². The lowest BCUT2D eigenvalue weighted by Gasteiger charge is -2.01. The van der Waals surface area contributed by atoms with Crippen LogP contribution in [0.4, 0.5) is 0 Å². The lowest BCUT2D eigenvalue weighted by atomic mass is 10.2. The highest BCUT2D eigenvalue weighted by Crippen LogP contribution is 2.14. The minimum absolute atomic E-state index is 0.183. The average Bonchev–Trinajstić information content (AvgIpc) is 2.46. The highest BCUT2D eigenvalue weighted by molar-refractivity contribution is 7.90. The molecule has 0 aliphatic rings. The van der Waals surface area contributed by atoms with Gasteiger partial charge in [0.05, 0.1) is 12.0 Å². The second-order valence-corrected chi connectivity index (χ2v) is 5.93. The van der Waals surface area contributed by atoms with E-state index in [2.05, 4.69) is 4.40 Å². The third-order valence-corrected chi connectivity index (χ3v) is 4.00. The van der Waals surface area contributed by atoms with Gasteiger partial charge in [-0.15, -0.1) is 0 Å². The molecule has 0 saturated heterocycles. The van der Waals surface area contributed by atoms with Gasteiger partial charge in [-0.1, -0.05) is 29.8 Å². The molecular weight excluding hydrogens is 274 g/mol. The van der Waals surface area contributed by atoms with Crippen molar-refractivity contribution in [2.24, 2.45) is 4.40 Å². The summed E-state index contributed by atoms with van der Waals surface area (Å²) in [4.78, 5) is 0.183. The van der Waals surface area contributed by atoms with Gasteiger partial charge in [-0.3, -0.25) is 0 Å². The van der Waals surface area contributed by atoms with Gasteiger partial charge in [0.2, 0.25) is 0 Å². The molecule has 0 aromatic heterocycles. The second-order valence-electron chi connectivity index (χ2n) is 4.30. The number of ether oxygens (including phenoxy) is 1. The summed E-state index contributed by atoms with van der Waals surface area (Å²) in [6.07, 6.45) is 1.32. The van der Waals surface area contributed by atoms with E-state index in [1.807, 2.05) is 6.92 Å². The van der Waals surface area contributed by atoms with Crippen molar-refractivity contribution < 1.29 is 13.2 Å². The second kappa shape index (κ2) is 5.88. The number of rotatable bonds is 4. The lowest BCUT2D eigenvalue weighted by molar-refractivity contribution is 0.415. The highest BCUT2D eigenvalue weighted by Gasteiger charge is 2.10. The van der Waals surface area contributed by atoms with Crippen molar-refractivity contribution in [2.45, 2.75) is 11.8 Å². The summed E-state index contributed by atoms with van der Waals surface area (Å²) < 4.78 is 32.9. The van der Waals surface area contributed by atoms with Crippen LogP contribution < -0.4 is 4.74 Å². The van der Waals surface area contributed by atoms with E-state index >= 15 is 0 Å². The van der Waals surface area contributed by atoms with Gasteiger partial charge in [-0.05, 0) is 36.8 Å². The Hall–Kier alpha value is -2.14. The first-order chi connectivity index (χ1) is 9.51. The molecule has 2 rings (SSSR count). The molecule has 0 saturated carbocycles. The zero-order chi connectivity index (χ0) is 14.6. The Balaban J connectivity index is 2.27. The molecule has 0 atom stereocenters. The number of benzene rings is 2. The number of nitrogens with zero attached hydrogens (tertiary/aromatic N) is 1. The molecule has 104 valence electrons. The van der Waals surface area contributed by atoms with Crippen molar-refractivity contribution in [2.75, 3.05) is 7.11 Å². The maximum Gasteiger partial charge on any atom is 0.282 e. The Morgan fingerprint density at radius 3 is 2.45 bits per heavy atom. The Morgan fingerprint density at radius 2 is 1.80 bits per heavy atom. The standard InChI is InChI=1S/C15H15NO3S/c1-12-6-8-15(9-7-12)20(17,18)16-11-13-4-3-5-14(10-13)19-2/h3-11H,1-2H3/b16-11+. The summed E-state index contributed by atoms with van der Waals surface area (Å²) >= 11 is 0. The largest absolute Gasteiger partial charge is 0.497 e. The smallest absolute Gasteiger partial charge is 0.282 e. The summed E-state index contributed by atoms with van der Waals surface area (Å²) in [6, 6.07) is 13.6. The fourth-order valence-electron chi connectivity index (χ4n) is 1.62. The van der Waals surface area contributed by atoms with Crippen molar-refractivity contribution in [3.63, 3.8) is 0 Å². The topological polar surface area (TPSA) is 55.7 Å². The van der Waals surface area contributed by atoms with Gasteiger partial charge in [0.25, 0.3) is 10.0 Å². The molecule has 0 N–H and O–H groups in total. The predicted octanol–water partition coefficient (Wildman–Crippen LogP) is 2.81. The molecule has 4 nitrogen and oxygen atoms in total. The van der Waals surface area contributed by atoms with Crippen LogP contribution >= 0.6 is 0 Å². The Labute approximate surface area is 118 Å². The SMILES string of the molecule is COc1cccc(/C=N/S(=O)(=O)c2ccc(C)cc2)c1. The summed E-state index contributed by atoms with van der Waals surface area (Å²) in [5, 5.41) is 0. The summed E-state index contributed by atoms with van der Waals surface area (Å²) in [6.45, 7) is 1.90. The maximum atomic E-state index is 12.0. The lowest BCUT2D eigenvalue weighted by Crippen LogP contribution is -1.98. The van der Waals surface area contributed by atoms with Crippen molar-refractivity contribution in [1.29, 1.82) is 0 Å². The van der Waals surface area contributed by atoms with E-state index in [4.69, 9.17) is 4.74 Å². The first-order valence-corrected chi connectivity index (χ1v) is 7.46. The van der Waals surface area contributed by atoms with Gasteiger partial charge in [-0.2, -0.15) is 12.8 Å². The molecule has 2 aromatic carbocycles. The first kappa shape index (κ1) is 14.3. The molecule has 0 bridgehead atoms. The van der Waals surface area contributed by atoms with Gasteiger partial charge in [0.15, 0.2) is 0 Å². The molecular formula is C15H15NO3S. The molecule has 20 heavy (non-hydrogen) atoms. The molecule has 0 aliphatic heterocycles. The normalized spacial score (nSPS) is 11.7. The molecule has 0 radical (unpaired) electrons. The summed E-state index contributed by atoms with van der Waals surface area (Å²) in [5.74, 6) is 0.654. The van der Waals surface area contributed by atoms with E-state index in [-0.39, 0.29) is 4.90 Å². The predicted molar refractivity (Wildman–Crippen MR) is 79.0 cm³/mol. The number of methoxy groups -OCH3 is 1. The zero-order valence-electron chi connectivity index (χ0n) is 11.3. The number of hydrogen-bond donors (Lipinski definition) is 0. The van der Waals surface area contributed by atoms with E-state index in [1.54, 1.807) is 55.6 Å². The molecule has 0 unspecified atom stereocenters. The zero-order valence-corrected chi connectivity index (χ0v) is 12.1. The van der Waals surface area contributed by atoms with Crippen LogP contribution in [0.25, 0.3) is 0 Å². The number of hydrogen-bond acceptors (Lipinski definition) is 3. The van der Waals surface area contributed by atoms with Crippen LogP contribution in [-0.4, -0.2) is 21.7 Å².